The molecule has 3 aromatic rings. The largest absolute Gasteiger partial charge is 0.391 e. The molecule has 0 saturated carbocycles. The standard InChI is InChI=1S/C17H19N5O2/c23-15(10-13-4-2-1-3-5-13)12-20-17(24)19-11-14-6-8-18-16-7-9-21-22(14)16/h1-9,15,23H,10-12H2,(H2,19,20,24). The molecule has 3 N–H and O–H groups in total. The Balaban J connectivity index is 1.45. The van der Waals surface area contributed by atoms with Gasteiger partial charge in [0.1, 0.15) is 0 Å². The van der Waals surface area contributed by atoms with Gasteiger partial charge in [0.05, 0.1) is 24.5 Å². The van der Waals surface area contributed by atoms with Crippen LogP contribution in [0.3, 0.4) is 0 Å². The Morgan fingerprint density at radius 2 is 1.96 bits per heavy atom. The fourth-order valence-corrected chi connectivity index (χ4v) is 2.42. The van der Waals surface area contributed by atoms with Gasteiger partial charge in [-0.2, -0.15) is 5.10 Å². The second-order valence-corrected chi connectivity index (χ2v) is 5.44. The van der Waals surface area contributed by atoms with E-state index in [-0.39, 0.29) is 12.6 Å². The second-order valence-electron chi connectivity index (χ2n) is 5.44. The van der Waals surface area contributed by atoms with Crippen LogP contribution in [0, 0.1) is 0 Å². The summed E-state index contributed by atoms with van der Waals surface area (Å²) in [5, 5.41) is 19.6. The van der Waals surface area contributed by atoms with E-state index in [1.54, 1.807) is 29.0 Å². The third-order valence-corrected chi connectivity index (χ3v) is 3.61. The van der Waals surface area contributed by atoms with Gasteiger partial charge in [0.2, 0.25) is 0 Å². The summed E-state index contributed by atoms with van der Waals surface area (Å²) in [5.41, 5.74) is 2.59. The van der Waals surface area contributed by atoms with Gasteiger partial charge in [0.15, 0.2) is 5.65 Å². The minimum absolute atomic E-state index is 0.189. The zero-order chi connectivity index (χ0) is 16.8. The summed E-state index contributed by atoms with van der Waals surface area (Å²) in [5.74, 6) is 0. The van der Waals surface area contributed by atoms with Crippen molar-refractivity contribution in [1.29, 1.82) is 0 Å². The van der Waals surface area contributed by atoms with Crippen LogP contribution in [0.1, 0.15) is 11.3 Å². The fraction of sp³-hybridized carbons (Fsp3) is 0.235. The van der Waals surface area contributed by atoms with Crippen molar-refractivity contribution in [3.63, 3.8) is 0 Å². The number of aromatic nitrogens is 3. The van der Waals surface area contributed by atoms with Crippen LogP contribution in [0.2, 0.25) is 0 Å². The van der Waals surface area contributed by atoms with Crippen LogP contribution >= 0.6 is 0 Å². The molecule has 0 bridgehead atoms. The van der Waals surface area contributed by atoms with E-state index in [0.717, 1.165) is 16.9 Å². The summed E-state index contributed by atoms with van der Waals surface area (Å²) in [4.78, 5) is 16.0. The Morgan fingerprint density at radius 1 is 1.12 bits per heavy atom. The van der Waals surface area contributed by atoms with Gasteiger partial charge in [0.25, 0.3) is 0 Å². The van der Waals surface area contributed by atoms with Crippen LogP contribution in [0.15, 0.2) is 54.9 Å². The van der Waals surface area contributed by atoms with Crippen molar-refractivity contribution in [2.75, 3.05) is 6.54 Å². The van der Waals surface area contributed by atoms with Gasteiger partial charge in [-0.25, -0.2) is 14.3 Å². The van der Waals surface area contributed by atoms with Crippen LogP contribution in [0.5, 0.6) is 0 Å². The van der Waals surface area contributed by atoms with Crippen LogP contribution in [0.25, 0.3) is 5.65 Å². The number of hydrogen-bond donors (Lipinski definition) is 3. The van der Waals surface area contributed by atoms with E-state index in [1.807, 2.05) is 30.3 Å². The van der Waals surface area contributed by atoms with Crippen molar-refractivity contribution in [1.82, 2.24) is 25.2 Å². The summed E-state index contributed by atoms with van der Waals surface area (Å²) < 4.78 is 1.67. The lowest BCUT2D eigenvalue weighted by Crippen LogP contribution is -2.40. The van der Waals surface area contributed by atoms with E-state index in [2.05, 4.69) is 20.7 Å². The maximum Gasteiger partial charge on any atom is 0.315 e. The van der Waals surface area contributed by atoms with E-state index >= 15 is 0 Å². The first-order chi connectivity index (χ1) is 11.7. The lowest BCUT2D eigenvalue weighted by molar-refractivity contribution is 0.170. The van der Waals surface area contributed by atoms with Crippen molar-refractivity contribution in [3.8, 4) is 0 Å². The van der Waals surface area contributed by atoms with Crippen LogP contribution in [0.4, 0.5) is 4.79 Å². The number of benzene rings is 1. The molecule has 7 heteroatoms. The molecule has 1 aromatic carbocycles. The Bertz CT molecular complexity index is 803. The zero-order valence-electron chi connectivity index (χ0n) is 13.1. The van der Waals surface area contributed by atoms with Crippen molar-refractivity contribution in [2.45, 2.75) is 19.1 Å². The van der Waals surface area contributed by atoms with Crippen LogP contribution in [-0.4, -0.2) is 38.4 Å². The minimum atomic E-state index is -0.628. The minimum Gasteiger partial charge on any atom is -0.391 e. The van der Waals surface area contributed by atoms with E-state index in [1.165, 1.54) is 0 Å². The molecule has 7 nitrogen and oxygen atoms in total. The SMILES string of the molecule is O=C(NCc1ccnc2ccnn12)NCC(O)Cc1ccccc1. The number of carbonyl (C=O) groups is 1. The Hall–Kier alpha value is -2.93. The van der Waals surface area contributed by atoms with Gasteiger partial charge in [-0.1, -0.05) is 30.3 Å². The third-order valence-electron chi connectivity index (χ3n) is 3.61. The number of nitrogens with zero attached hydrogens (tertiary/aromatic N) is 3. The van der Waals surface area contributed by atoms with Gasteiger partial charge < -0.3 is 15.7 Å². The summed E-state index contributed by atoms with van der Waals surface area (Å²) in [6, 6.07) is 12.9. The highest BCUT2D eigenvalue weighted by atomic mass is 16.3. The average Bonchev–Trinajstić information content (AvgIpc) is 3.08. The van der Waals surface area contributed by atoms with Crippen molar-refractivity contribution in [2.24, 2.45) is 0 Å². The number of amides is 2. The molecule has 0 spiro atoms. The molecule has 2 aromatic heterocycles. The number of hydrogen-bond acceptors (Lipinski definition) is 4. The van der Waals surface area contributed by atoms with E-state index in [0.29, 0.717) is 13.0 Å². The van der Waals surface area contributed by atoms with Gasteiger partial charge in [0, 0.05) is 25.2 Å². The molecule has 2 heterocycles. The normalized spacial score (nSPS) is 12.0. The summed E-state index contributed by atoms with van der Waals surface area (Å²) >= 11 is 0. The highest BCUT2D eigenvalue weighted by molar-refractivity contribution is 5.73. The molecule has 1 atom stereocenters. The van der Waals surface area contributed by atoms with Crippen molar-refractivity contribution in [3.05, 3.63) is 66.1 Å². The first-order valence-electron chi connectivity index (χ1n) is 7.73. The molecule has 0 aliphatic carbocycles. The zero-order valence-corrected chi connectivity index (χ0v) is 13.1. The number of aliphatic hydroxyl groups excluding tert-OH is 1. The Morgan fingerprint density at radius 3 is 2.79 bits per heavy atom. The van der Waals surface area contributed by atoms with Gasteiger partial charge in [-0.05, 0) is 11.6 Å². The number of carbonyl (C=O) groups excluding carboxylic acids is 1. The number of rotatable bonds is 6. The average molecular weight is 325 g/mol. The first-order valence-corrected chi connectivity index (χ1v) is 7.73. The van der Waals surface area contributed by atoms with Crippen LogP contribution in [-0.2, 0) is 13.0 Å². The number of nitrogens with one attached hydrogen (secondary N) is 2. The molecule has 0 saturated heterocycles. The topological polar surface area (TPSA) is 91.6 Å². The van der Waals surface area contributed by atoms with E-state index < -0.39 is 6.10 Å². The Labute approximate surface area is 139 Å². The summed E-state index contributed by atoms with van der Waals surface area (Å²) in [6.45, 7) is 0.509. The highest BCUT2D eigenvalue weighted by Gasteiger charge is 2.09. The molecule has 24 heavy (non-hydrogen) atoms. The van der Waals surface area contributed by atoms with Gasteiger partial charge in [-0.3, -0.25) is 0 Å². The fourth-order valence-electron chi connectivity index (χ4n) is 2.42. The molecule has 3 rings (SSSR count). The molecule has 124 valence electrons. The van der Waals surface area contributed by atoms with E-state index in [9.17, 15) is 9.90 Å². The monoisotopic (exact) mass is 325 g/mol. The predicted octanol–water partition coefficient (Wildman–Crippen LogP) is 1.13. The first kappa shape index (κ1) is 15.9. The molecule has 1 unspecified atom stereocenters. The van der Waals surface area contributed by atoms with Crippen molar-refractivity contribution < 1.29 is 9.90 Å². The number of aliphatic hydroxyl groups is 1. The van der Waals surface area contributed by atoms with Crippen LogP contribution < -0.4 is 10.6 Å². The molecule has 0 fully saturated rings. The molecule has 0 radical (unpaired) electrons. The molecule has 2 amide bonds. The lowest BCUT2D eigenvalue weighted by Gasteiger charge is -2.13. The highest BCUT2D eigenvalue weighted by Crippen LogP contribution is 2.03. The predicted molar refractivity (Wildman–Crippen MR) is 89.4 cm³/mol. The maximum absolute atomic E-state index is 11.9. The second kappa shape index (κ2) is 7.56. The van der Waals surface area contributed by atoms with E-state index in [4.69, 9.17) is 0 Å². The summed E-state index contributed by atoms with van der Waals surface area (Å²) in [7, 11) is 0. The molecule has 0 aliphatic heterocycles. The third kappa shape index (κ3) is 4.08. The van der Waals surface area contributed by atoms with Gasteiger partial charge >= 0.3 is 6.03 Å². The molecule has 0 aliphatic rings. The Kier molecular flexibility index (Phi) is 5.02. The maximum atomic E-state index is 11.9. The molecular weight excluding hydrogens is 306 g/mol. The number of urea groups is 1. The lowest BCUT2D eigenvalue weighted by atomic mass is 10.1. The van der Waals surface area contributed by atoms with Gasteiger partial charge in [-0.15, -0.1) is 0 Å². The smallest absolute Gasteiger partial charge is 0.315 e. The quantitative estimate of drug-likeness (QED) is 0.633. The molecular formula is C17H19N5O2. The summed E-state index contributed by atoms with van der Waals surface area (Å²) in [6.07, 6.45) is 3.21. The van der Waals surface area contributed by atoms with Crippen molar-refractivity contribution >= 4 is 11.7 Å². The number of fused-ring (bicyclic) bond motifs is 1.